The van der Waals surface area contributed by atoms with Gasteiger partial charge in [0.2, 0.25) is 0 Å². The average molecular weight is 438 g/mol. The number of methoxy groups -OCH3 is 1. The van der Waals surface area contributed by atoms with Crippen molar-refractivity contribution in [2.75, 3.05) is 46.4 Å². The van der Waals surface area contributed by atoms with Gasteiger partial charge in [0.25, 0.3) is 11.5 Å². The Morgan fingerprint density at radius 3 is 2.77 bits per heavy atom. The van der Waals surface area contributed by atoms with Gasteiger partial charge < -0.3 is 19.6 Å². The Morgan fingerprint density at radius 1 is 1.13 bits per heavy atom. The fourth-order valence-corrected chi connectivity index (χ4v) is 4.66. The molecule has 4 aromatic rings. The fraction of sp³-hybridized carbons (Fsp3) is 0.318. The quantitative estimate of drug-likeness (QED) is 0.500. The van der Waals surface area contributed by atoms with Crippen LogP contribution in [0, 0.1) is 0 Å². The van der Waals surface area contributed by atoms with Crippen LogP contribution in [0.4, 0.5) is 0 Å². The highest BCUT2D eigenvalue weighted by molar-refractivity contribution is 7.09. The van der Waals surface area contributed by atoms with Crippen LogP contribution in [-0.2, 0) is 4.74 Å². The molecule has 1 amide bonds. The molecule has 1 fully saturated rings. The minimum Gasteiger partial charge on any atom is -0.383 e. The molecule has 0 bridgehead atoms. The summed E-state index contributed by atoms with van der Waals surface area (Å²) in [6.07, 6.45) is 0. The maximum atomic E-state index is 13.0. The van der Waals surface area contributed by atoms with Gasteiger partial charge in [0.15, 0.2) is 5.69 Å². The van der Waals surface area contributed by atoms with Crippen LogP contribution in [0.3, 0.4) is 0 Å². The van der Waals surface area contributed by atoms with Gasteiger partial charge in [-0.2, -0.15) is 0 Å². The number of nitrogens with one attached hydrogen (secondary N) is 2. The Morgan fingerprint density at radius 2 is 1.97 bits per heavy atom. The van der Waals surface area contributed by atoms with E-state index >= 15 is 0 Å². The largest absolute Gasteiger partial charge is 0.383 e. The molecule has 160 valence electrons. The maximum Gasteiger partial charge on any atom is 0.276 e. The average Bonchev–Trinajstić information content (AvgIpc) is 3.42. The van der Waals surface area contributed by atoms with E-state index in [4.69, 9.17) is 4.74 Å². The molecule has 8 nitrogen and oxygen atoms in total. The van der Waals surface area contributed by atoms with Crippen molar-refractivity contribution in [1.29, 1.82) is 0 Å². The first-order valence-corrected chi connectivity index (χ1v) is 11.2. The number of thiophene rings is 1. The summed E-state index contributed by atoms with van der Waals surface area (Å²) < 4.78 is 5.14. The molecule has 1 saturated heterocycles. The third-order valence-electron chi connectivity index (χ3n) is 5.73. The number of rotatable bonds is 5. The number of nitrogens with zero attached hydrogens (tertiary/aromatic N) is 3. The van der Waals surface area contributed by atoms with Crippen molar-refractivity contribution in [2.45, 2.75) is 0 Å². The summed E-state index contributed by atoms with van der Waals surface area (Å²) >= 11 is 1.50. The molecule has 4 heterocycles. The van der Waals surface area contributed by atoms with E-state index in [1.807, 2.05) is 39.9 Å². The van der Waals surface area contributed by atoms with E-state index in [9.17, 15) is 9.59 Å². The molecule has 0 atom stereocenters. The first-order chi connectivity index (χ1) is 15.1. The van der Waals surface area contributed by atoms with Gasteiger partial charge in [-0.05, 0) is 18.2 Å². The number of carbonyl (C=O) groups is 1. The number of amides is 1. The van der Waals surface area contributed by atoms with E-state index in [2.05, 4.69) is 19.9 Å². The third-order valence-corrected chi connectivity index (χ3v) is 6.46. The van der Waals surface area contributed by atoms with Crippen LogP contribution in [-0.4, -0.2) is 77.1 Å². The highest BCUT2D eigenvalue weighted by Crippen LogP contribution is 2.24. The number of hydrogen-bond acceptors (Lipinski definition) is 6. The van der Waals surface area contributed by atoms with Crippen LogP contribution in [0.2, 0.25) is 0 Å². The summed E-state index contributed by atoms with van der Waals surface area (Å²) in [5.74, 6) is 0.0279. The van der Waals surface area contributed by atoms with E-state index in [1.165, 1.54) is 11.3 Å². The van der Waals surface area contributed by atoms with E-state index in [0.29, 0.717) is 36.6 Å². The monoisotopic (exact) mass is 437 g/mol. The van der Waals surface area contributed by atoms with Gasteiger partial charge >= 0.3 is 0 Å². The van der Waals surface area contributed by atoms with Crippen LogP contribution in [0.1, 0.15) is 10.4 Å². The zero-order valence-corrected chi connectivity index (χ0v) is 18.0. The number of aromatic amines is 2. The lowest BCUT2D eigenvalue weighted by molar-refractivity contribution is 0.0594. The van der Waals surface area contributed by atoms with Gasteiger partial charge in [0.1, 0.15) is 0 Å². The zero-order valence-electron chi connectivity index (χ0n) is 17.2. The van der Waals surface area contributed by atoms with Gasteiger partial charge in [-0.1, -0.05) is 6.07 Å². The predicted octanol–water partition coefficient (Wildman–Crippen LogP) is 2.54. The van der Waals surface area contributed by atoms with E-state index in [0.717, 1.165) is 41.6 Å². The number of piperazine rings is 1. The minimum atomic E-state index is -0.236. The second kappa shape index (κ2) is 8.26. The maximum absolute atomic E-state index is 13.0. The molecule has 0 unspecified atom stereocenters. The van der Waals surface area contributed by atoms with Crippen LogP contribution in [0.5, 0.6) is 0 Å². The normalized spacial score (nSPS) is 15.2. The molecule has 0 radical (unpaired) electrons. The van der Waals surface area contributed by atoms with Crippen LogP contribution in [0.25, 0.3) is 33.3 Å². The van der Waals surface area contributed by atoms with Crippen molar-refractivity contribution in [3.05, 3.63) is 50.9 Å². The van der Waals surface area contributed by atoms with Crippen LogP contribution < -0.4 is 5.56 Å². The Hall–Kier alpha value is -3.01. The number of carbonyl (C=O) groups excluding carboxylic acids is 1. The molecule has 0 spiro atoms. The SMILES string of the molecule is COCCN1CCN(C(=O)c2ccc3cc(-c4nc5cscc5[nH]c4=O)[nH]c3c2)CC1. The molecule has 1 aliphatic rings. The van der Waals surface area contributed by atoms with Gasteiger partial charge in [-0.25, -0.2) is 4.98 Å². The van der Waals surface area contributed by atoms with E-state index in [-0.39, 0.29) is 11.5 Å². The highest BCUT2D eigenvalue weighted by atomic mass is 32.1. The van der Waals surface area contributed by atoms with Crippen LogP contribution in [0.15, 0.2) is 39.8 Å². The van der Waals surface area contributed by atoms with Crippen molar-refractivity contribution in [2.24, 2.45) is 0 Å². The fourth-order valence-electron chi connectivity index (χ4n) is 3.97. The van der Waals surface area contributed by atoms with Gasteiger partial charge in [-0.3, -0.25) is 14.5 Å². The van der Waals surface area contributed by atoms with Crippen molar-refractivity contribution < 1.29 is 9.53 Å². The Bertz CT molecular complexity index is 1300. The highest BCUT2D eigenvalue weighted by Gasteiger charge is 2.22. The smallest absolute Gasteiger partial charge is 0.276 e. The summed E-state index contributed by atoms with van der Waals surface area (Å²) in [6.45, 7) is 4.71. The third kappa shape index (κ3) is 3.87. The van der Waals surface area contributed by atoms with Gasteiger partial charge in [0.05, 0.1) is 23.3 Å². The molecular weight excluding hydrogens is 414 g/mol. The molecule has 31 heavy (non-hydrogen) atoms. The van der Waals surface area contributed by atoms with E-state index < -0.39 is 0 Å². The van der Waals surface area contributed by atoms with Gasteiger partial charge in [0, 0.05) is 67.1 Å². The summed E-state index contributed by atoms with van der Waals surface area (Å²) in [4.78, 5) is 40.3. The zero-order chi connectivity index (χ0) is 21.4. The number of hydrogen-bond donors (Lipinski definition) is 2. The number of ether oxygens (including phenoxy) is 1. The Balaban J connectivity index is 1.38. The van der Waals surface area contributed by atoms with Crippen molar-refractivity contribution in [3.63, 3.8) is 0 Å². The summed E-state index contributed by atoms with van der Waals surface area (Å²) in [7, 11) is 1.70. The lowest BCUT2D eigenvalue weighted by Crippen LogP contribution is -2.49. The minimum absolute atomic E-state index is 0.0279. The summed E-state index contributed by atoms with van der Waals surface area (Å²) in [5, 5.41) is 4.71. The second-order valence-corrected chi connectivity index (χ2v) is 8.44. The Labute approximate surface area is 182 Å². The number of aromatic nitrogens is 3. The van der Waals surface area contributed by atoms with Crippen LogP contribution >= 0.6 is 11.3 Å². The molecule has 9 heteroatoms. The van der Waals surface area contributed by atoms with Crippen molar-refractivity contribution in [1.82, 2.24) is 24.8 Å². The molecule has 5 rings (SSSR count). The standard InChI is InChI=1S/C22H23N5O3S/c1-30-9-8-26-4-6-27(7-5-26)22(29)15-3-2-14-10-17(23-16(14)11-15)20-21(28)25-19-13-31-12-18(19)24-20/h2-3,10-13,23H,4-9H2,1H3,(H,25,28). The first kappa shape index (κ1) is 19.9. The Kier molecular flexibility index (Phi) is 5.31. The number of benzene rings is 1. The van der Waals surface area contributed by atoms with Gasteiger partial charge in [-0.15, -0.1) is 11.3 Å². The molecule has 2 N–H and O–H groups in total. The molecule has 1 aromatic carbocycles. The van der Waals surface area contributed by atoms with Crippen molar-refractivity contribution in [3.8, 4) is 11.4 Å². The predicted molar refractivity (Wildman–Crippen MR) is 122 cm³/mol. The van der Waals surface area contributed by atoms with E-state index in [1.54, 1.807) is 7.11 Å². The molecule has 1 aliphatic heterocycles. The summed E-state index contributed by atoms with van der Waals surface area (Å²) in [6, 6.07) is 7.51. The number of H-pyrrole nitrogens is 2. The number of fused-ring (bicyclic) bond motifs is 2. The molecular formula is C22H23N5O3S. The molecule has 3 aromatic heterocycles. The molecule has 0 aliphatic carbocycles. The lowest BCUT2D eigenvalue weighted by Gasteiger charge is -2.34. The lowest BCUT2D eigenvalue weighted by atomic mass is 10.1. The summed E-state index contributed by atoms with van der Waals surface area (Å²) in [5.41, 5.74) is 3.71. The second-order valence-electron chi connectivity index (χ2n) is 7.70. The topological polar surface area (TPSA) is 94.3 Å². The molecule has 0 saturated carbocycles. The van der Waals surface area contributed by atoms with Crippen molar-refractivity contribution >= 4 is 39.2 Å². The first-order valence-electron chi connectivity index (χ1n) is 10.2.